The van der Waals surface area contributed by atoms with Crippen LogP contribution in [0.25, 0.3) is 17.4 Å². The standard InChI is InChI=1S/C25H20N2O7S/c1-2-31-17-6-3-15(4-7-17)19-10-8-18(34-19)12-22-24(29)27(25(30)35-22)13-23(28)26-16-5-9-20-21(11-16)33-14-32-20/h3-12H,2,13-14H2,1H3,(H,26,28)/b22-12+. The molecule has 0 saturated carbocycles. The molecule has 3 heterocycles. The summed E-state index contributed by atoms with van der Waals surface area (Å²) in [6.07, 6.45) is 1.50. The first-order chi connectivity index (χ1) is 17.0. The molecular weight excluding hydrogens is 472 g/mol. The van der Waals surface area contributed by atoms with Crippen LogP contribution in [0.2, 0.25) is 0 Å². The summed E-state index contributed by atoms with van der Waals surface area (Å²) in [4.78, 5) is 38.7. The molecule has 0 spiro atoms. The molecule has 35 heavy (non-hydrogen) atoms. The van der Waals surface area contributed by atoms with Crippen LogP contribution in [0.1, 0.15) is 12.7 Å². The molecular formula is C25H20N2O7S. The lowest BCUT2D eigenvalue weighted by Crippen LogP contribution is -2.36. The molecule has 1 aromatic heterocycles. The van der Waals surface area contributed by atoms with E-state index in [1.807, 2.05) is 31.2 Å². The highest BCUT2D eigenvalue weighted by Gasteiger charge is 2.36. The van der Waals surface area contributed by atoms with Gasteiger partial charge in [-0.2, -0.15) is 0 Å². The van der Waals surface area contributed by atoms with E-state index in [0.29, 0.717) is 35.3 Å². The molecule has 1 saturated heterocycles. The fourth-order valence-electron chi connectivity index (χ4n) is 3.55. The Morgan fingerprint density at radius 2 is 1.89 bits per heavy atom. The number of ether oxygens (including phenoxy) is 3. The molecule has 3 aromatic rings. The van der Waals surface area contributed by atoms with Crippen molar-refractivity contribution in [2.45, 2.75) is 6.92 Å². The topological polar surface area (TPSA) is 107 Å². The highest BCUT2D eigenvalue weighted by molar-refractivity contribution is 8.18. The molecule has 5 rings (SSSR count). The zero-order chi connectivity index (χ0) is 24.4. The summed E-state index contributed by atoms with van der Waals surface area (Å²) in [5.74, 6) is 1.83. The van der Waals surface area contributed by atoms with Gasteiger partial charge in [-0.05, 0) is 67.2 Å². The third kappa shape index (κ3) is 4.87. The van der Waals surface area contributed by atoms with Crippen LogP contribution in [0.4, 0.5) is 10.5 Å². The van der Waals surface area contributed by atoms with E-state index in [-0.39, 0.29) is 11.7 Å². The van der Waals surface area contributed by atoms with Crippen molar-refractivity contribution in [2.75, 3.05) is 25.3 Å². The van der Waals surface area contributed by atoms with Crippen molar-refractivity contribution in [3.63, 3.8) is 0 Å². The van der Waals surface area contributed by atoms with Crippen molar-refractivity contribution in [3.8, 4) is 28.6 Å². The number of nitrogens with zero attached hydrogens (tertiary/aromatic N) is 1. The Morgan fingerprint density at radius 3 is 2.69 bits per heavy atom. The molecule has 2 aliphatic rings. The number of amides is 3. The molecule has 2 aliphatic heterocycles. The number of hydrogen-bond donors (Lipinski definition) is 1. The minimum Gasteiger partial charge on any atom is -0.494 e. The zero-order valence-corrected chi connectivity index (χ0v) is 19.4. The second-order valence-electron chi connectivity index (χ2n) is 7.54. The number of thioether (sulfide) groups is 1. The fraction of sp³-hybridized carbons (Fsp3) is 0.160. The van der Waals surface area contributed by atoms with Crippen LogP contribution in [0.15, 0.2) is 63.9 Å². The number of rotatable bonds is 7. The quantitative estimate of drug-likeness (QED) is 0.471. The molecule has 1 N–H and O–H groups in total. The van der Waals surface area contributed by atoms with Crippen molar-refractivity contribution in [1.82, 2.24) is 4.90 Å². The number of furan rings is 1. The van der Waals surface area contributed by atoms with E-state index >= 15 is 0 Å². The number of carbonyl (C=O) groups is 3. The van der Waals surface area contributed by atoms with Crippen LogP contribution < -0.4 is 19.5 Å². The molecule has 0 unspecified atom stereocenters. The van der Waals surface area contributed by atoms with E-state index in [1.165, 1.54) is 6.08 Å². The number of nitrogens with one attached hydrogen (secondary N) is 1. The Morgan fingerprint density at radius 1 is 1.09 bits per heavy atom. The molecule has 178 valence electrons. The molecule has 0 aliphatic carbocycles. The normalized spacial score (nSPS) is 15.7. The van der Waals surface area contributed by atoms with Gasteiger partial charge in [0.1, 0.15) is 23.8 Å². The van der Waals surface area contributed by atoms with Crippen LogP contribution in [0, 0.1) is 0 Å². The zero-order valence-electron chi connectivity index (χ0n) is 18.6. The molecule has 0 atom stereocenters. The molecule has 1 fully saturated rings. The van der Waals surface area contributed by atoms with E-state index in [9.17, 15) is 14.4 Å². The lowest BCUT2D eigenvalue weighted by atomic mass is 10.2. The maximum atomic E-state index is 12.8. The van der Waals surface area contributed by atoms with Crippen LogP contribution in [0.3, 0.4) is 0 Å². The van der Waals surface area contributed by atoms with Gasteiger partial charge >= 0.3 is 0 Å². The van der Waals surface area contributed by atoms with Crippen molar-refractivity contribution in [3.05, 3.63) is 65.3 Å². The minimum absolute atomic E-state index is 0.118. The Bertz CT molecular complexity index is 1330. The van der Waals surface area contributed by atoms with Crippen molar-refractivity contribution in [1.29, 1.82) is 0 Å². The minimum atomic E-state index is -0.556. The SMILES string of the molecule is CCOc1ccc(-c2ccc(/C=C3/SC(=O)N(CC(=O)Nc4ccc5c(c4)OCO5)C3=O)o2)cc1. The number of imide groups is 1. The second kappa shape index (κ2) is 9.59. The Kier molecular flexibility index (Phi) is 6.19. The summed E-state index contributed by atoms with van der Waals surface area (Å²) >= 11 is 0.759. The van der Waals surface area contributed by atoms with E-state index in [4.69, 9.17) is 18.6 Å². The van der Waals surface area contributed by atoms with Crippen LogP contribution in [0.5, 0.6) is 17.2 Å². The predicted octanol–water partition coefficient (Wildman–Crippen LogP) is 4.75. The smallest absolute Gasteiger partial charge is 0.294 e. The highest BCUT2D eigenvalue weighted by atomic mass is 32.2. The van der Waals surface area contributed by atoms with Gasteiger partial charge in [-0.1, -0.05) is 0 Å². The number of benzene rings is 2. The summed E-state index contributed by atoms with van der Waals surface area (Å²) in [6.45, 7) is 2.21. The number of fused-ring (bicyclic) bond motifs is 1. The molecule has 9 nitrogen and oxygen atoms in total. The van der Waals surface area contributed by atoms with Crippen molar-refractivity contribution >= 4 is 40.6 Å². The number of carbonyl (C=O) groups excluding carboxylic acids is 3. The fourth-order valence-corrected chi connectivity index (χ4v) is 4.37. The Hall–Kier alpha value is -4.18. The summed E-state index contributed by atoms with van der Waals surface area (Å²) < 4.78 is 21.8. The van der Waals surface area contributed by atoms with Gasteiger partial charge in [0.25, 0.3) is 11.1 Å². The first-order valence-electron chi connectivity index (χ1n) is 10.8. The molecule has 3 amide bonds. The Balaban J connectivity index is 1.24. The highest BCUT2D eigenvalue weighted by Crippen LogP contribution is 2.35. The van der Waals surface area contributed by atoms with Gasteiger partial charge in [-0.25, -0.2) is 0 Å². The third-order valence-electron chi connectivity index (χ3n) is 5.18. The van der Waals surface area contributed by atoms with Gasteiger partial charge in [0, 0.05) is 23.4 Å². The summed E-state index contributed by atoms with van der Waals surface area (Å²) in [7, 11) is 0. The maximum Gasteiger partial charge on any atom is 0.294 e. The van der Waals surface area contributed by atoms with Gasteiger partial charge in [0.15, 0.2) is 11.5 Å². The summed E-state index contributed by atoms with van der Waals surface area (Å²) in [6, 6.07) is 15.9. The first kappa shape index (κ1) is 22.6. The van der Waals surface area contributed by atoms with Gasteiger partial charge in [-0.15, -0.1) is 0 Å². The maximum absolute atomic E-state index is 12.8. The number of hydrogen-bond acceptors (Lipinski definition) is 8. The predicted molar refractivity (Wildman–Crippen MR) is 129 cm³/mol. The lowest BCUT2D eigenvalue weighted by molar-refractivity contribution is -0.127. The molecule has 0 bridgehead atoms. The largest absolute Gasteiger partial charge is 0.494 e. The van der Waals surface area contributed by atoms with Crippen LogP contribution in [-0.2, 0) is 9.59 Å². The van der Waals surface area contributed by atoms with E-state index in [0.717, 1.165) is 28.0 Å². The first-order valence-corrected chi connectivity index (χ1v) is 11.6. The van der Waals surface area contributed by atoms with Crippen molar-refractivity contribution in [2.24, 2.45) is 0 Å². The molecule has 0 radical (unpaired) electrons. The van der Waals surface area contributed by atoms with Gasteiger partial charge in [0.05, 0.1) is 11.5 Å². The monoisotopic (exact) mass is 492 g/mol. The van der Waals surface area contributed by atoms with E-state index in [1.54, 1.807) is 30.3 Å². The summed E-state index contributed by atoms with van der Waals surface area (Å²) in [5, 5.41) is 2.13. The Labute approximate surface area is 204 Å². The van der Waals surface area contributed by atoms with Gasteiger partial charge < -0.3 is 23.9 Å². The van der Waals surface area contributed by atoms with Crippen LogP contribution in [-0.4, -0.2) is 41.9 Å². The average molecular weight is 493 g/mol. The third-order valence-corrected chi connectivity index (χ3v) is 6.09. The molecule has 10 heteroatoms. The van der Waals surface area contributed by atoms with Gasteiger partial charge in [-0.3, -0.25) is 19.3 Å². The van der Waals surface area contributed by atoms with Crippen molar-refractivity contribution < 1.29 is 33.0 Å². The second-order valence-corrected chi connectivity index (χ2v) is 8.54. The lowest BCUT2D eigenvalue weighted by Gasteiger charge is -2.12. The number of anilines is 1. The molecule has 2 aromatic carbocycles. The van der Waals surface area contributed by atoms with Crippen LogP contribution >= 0.6 is 11.8 Å². The van der Waals surface area contributed by atoms with E-state index in [2.05, 4.69) is 5.32 Å². The van der Waals surface area contributed by atoms with E-state index < -0.39 is 23.6 Å². The van der Waals surface area contributed by atoms with Gasteiger partial charge in [0.2, 0.25) is 12.7 Å². The summed E-state index contributed by atoms with van der Waals surface area (Å²) in [5.41, 5.74) is 1.32. The average Bonchev–Trinajstić information content (AvgIpc) is 3.56.